The number of fused-ring (bicyclic) bond motifs is 1. The van der Waals surface area contributed by atoms with E-state index in [4.69, 9.17) is 4.74 Å². The molecule has 1 atom stereocenters. The maximum Gasteiger partial charge on any atom is 0.294 e. The molecule has 0 amide bonds. The maximum atomic E-state index is 10.7. The Kier molecular flexibility index (Phi) is 4.41. The summed E-state index contributed by atoms with van der Waals surface area (Å²) in [4.78, 5) is 17.5. The molecule has 1 unspecified atom stereocenters. The number of halogens is 1. The highest BCUT2D eigenvalue weighted by molar-refractivity contribution is 5.85. The minimum Gasteiger partial charge on any atom is -0.460 e. The molecule has 2 aromatic rings. The molecule has 1 fully saturated rings. The van der Waals surface area contributed by atoms with E-state index in [0.717, 1.165) is 25.9 Å². The van der Waals surface area contributed by atoms with E-state index >= 15 is 0 Å². The number of piperidine rings is 1. The van der Waals surface area contributed by atoms with Gasteiger partial charge in [0.2, 0.25) is 0 Å². The summed E-state index contributed by atoms with van der Waals surface area (Å²) >= 11 is 0. The first-order chi connectivity index (χ1) is 9.22. The normalized spacial score (nSPS) is 18.5. The molecule has 8 heteroatoms. The third kappa shape index (κ3) is 3.00. The SMILES string of the molecule is Cl.O=[N+]([O-])c1ccc2nc(OC3CCCNC3)[nH]c2c1. The molecule has 3 rings (SSSR count). The van der Waals surface area contributed by atoms with Crippen molar-refractivity contribution in [2.75, 3.05) is 13.1 Å². The zero-order chi connectivity index (χ0) is 13.2. The van der Waals surface area contributed by atoms with Crippen molar-refractivity contribution < 1.29 is 9.66 Å². The zero-order valence-corrected chi connectivity index (χ0v) is 11.5. The minimum atomic E-state index is -0.425. The summed E-state index contributed by atoms with van der Waals surface area (Å²) in [5, 5.41) is 14.0. The lowest BCUT2D eigenvalue weighted by atomic mass is 10.1. The first-order valence-corrected chi connectivity index (χ1v) is 6.24. The lowest BCUT2D eigenvalue weighted by Crippen LogP contribution is -2.37. The summed E-state index contributed by atoms with van der Waals surface area (Å²) in [5.74, 6) is 0. The number of nitro benzene ring substituents is 1. The third-order valence-corrected chi connectivity index (χ3v) is 3.18. The number of aromatic amines is 1. The standard InChI is InChI=1S/C12H14N4O3.ClH/c17-16(18)8-3-4-10-11(6-8)15-12(14-10)19-9-2-1-5-13-7-9;/h3-4,6,9,13H,1-2,5,7H2,(H,14,15);1H. The van der Waals surface area contributed by atoms with Crippen LogP contribution in [0.15, 0.2) is 18.2 Å². The Labute approximate surface area is 121 Å². The number of nitrogens with one attached hydrogen (secondary N) is 2. The maximum absolute atomic E-state index is 10.7. The molecule has 1 aliphatic heterocycles. The number of ether oxygens (including phenoxy) is 1. The number of hydrogen-bond acceptors (Lipinski definition) is 5. The van der Waals surface area contributed by atoms with Gasteiger partial charge in [0.15, 0.2) is 0 Å². The number of imidazole rings is 1. The van der Waals surface area contributed by atoms with E-state index in [9.17, 15) is 10.1 Å². The van der Waals surface area contributed by atoms with Crippen LogP contribution in [0.4, 0.5) is 5.69 Å². The van der Waals surface area contributed by atoms with Crippen LogP contribution in [-0.2, 0) is 0 Å². The van der Waals surface area contributed by atoms with Crippen LogP contribution in [0.25, 0.3) is 11.0 Å². The minimum absolute atomic E-state index is 0. The second-order valence-corrected chi connectivity index (χ2v) is 4.59. The number of non-ortho nitro benzene ring substituents is 1. The molecule has 2 heterocycles. The molecule has 0 radical (unpaired) electrons. The molecular weight excluding hydrogens is 284 g/mol. The number of benzene rings is 1. The van der Waals surface area contributed by atoms with Gasteiger partial charge in [0.05, 0.1) is 16.0 Å². The molecule has 108 valence electrons. The van der Waals surface area contributed by atoms with E-state index in [-0.39, 0.29) is 24.2 Å². The number of aromatic nitrogens is 2. The first kappa shape index (κ1) is 14.5. The Bertz CT molecular complexity index is 610. The van der Waals surface area contributed by atoms with E-state index in [1.165, 1.54) is 12.1 Å². The summed E-state index contributed by atoms with van der Waals surface area (Å²) in [6, 6.07) is 4.95. The average molecular weight is 299 g/mol. The van der Waals surface area contributed by atoms with Gasteiger partial charge in [-0.05, 0) is 25.5 Å². The van der Waals surface area contributed by atoms with Gasteiger partial charge in [-0.3, -0.25) is 10.1 Å². The molecule has 1 aromatic carbocycles. The second kappa shape index (κ2) is 6.06. The molecule has 2 N–H and O–H groups in total. The van der Waals surface area contributed by atoms with Gasteiger partial charge < -0.3 is 15.0 Å². The van der Waals surface area contributed by atoms with E-state index in [0.29, 0.717) is 17.0 Å². The summed E-state index contributed by atoms with van der Waals surface area (Å²) in [6.07, 6.45) is 2.17. The Morgan fingerprint density at radius 3 is 3.00 bits per heavy atom. The predicted molar refractivity (Wildman–Crippen MR) is 76.5 cm³/mol. The van der Waals surface area contributed by atoms with Gasteiger partial charge >= 0.3 is 0 Å². The highest BCUT2D eigenvalue weighted by Gasteiger charge is 2.17. The average Bonchev–Trinajstić information content (AvgIpc) is 2.80. The number of nitrogens with zero attached hydrogens (tertiary/aromatic N) is 2. The van der Waals surface area contributed by atoms with Crippen molar-refractivity contribution >= 4 is 29.1 Å². The van der Waals surface area contributed by atoms with E-state index in [1.807, 2.05) is 0 Å². The van der Waals surface area contributed by atoms with Crippen molar-refractivity contribution in [2.24, 2.45) is 0 Å². The molecule has 0 spiro atoms. The summed E-state index contributed by atoms with van der Waals surface area (Å²) in [5.41, 5.74) is 1.33. The van der Waals surface area contributed by atoms with Gasteiger partial charge in [0.25, 0.3) is 11.7 Å². The monoisotopic (exact) mass is 298 g/mol. The fourth-order valence-corrected chi connectivity index (χ4v) is 2.22. The van der Waals surface area contributed by atoms with Crippen LogP contribution in [0, 0.1) is 10.1 Å². The molecule has 20 heavy (non-hydrogen) atoms. The van der Waals surface area contributed by atoms with Crippen LogP contribution in [0.1, 0.15) is 12.8 Å². The largest absolute Gasteiger partial charge is 0.460 e. The molecule has 0 saturated carbocycles. The fourth-order valence-electron chi connectivity index (χ4n) is 2.22. The van der Waals surface area contributed by atoms with Crippen molar-refractivity contribution in [2.45, 2.75) is 18.9 Å². The van der Waals surface area contributed by atoms with Crippen LogP contribution in [-0.4, -0.2) is 34.1 Å². The molecule has 7 nitrogen and oxygen atoms in total. The van der Waals surface area contributed by atoms with Crippen LogP contribution in [0.5, 0.6) is 6.01 Å². The van der Waals surface area contributed by atoms with Crippen molar-refractivity contribution in [3.8, 4) is 6.01 Å². The summed E-state index contributed by atoms with van der Waals surface area (Å²) in [6.45, 7) is 1.82. The highest BCUT2D eigenvalue weighted by atomic mass is 35.5. The molecule has 1 saturated heterocycles. The lowest BCUT2D eigenvalue weighted by molar-refractivity contribution is -0.384. The fraction of sp³-hybridized carbons (Fsp3) is 0.417. The Morgan fingerprint density at radius 2 is 2.30 bits per heavy atom. The Hall–Kier alpha value is -1.86. The van der Waals surface area contributed by atoms with Crippen molar-refractivity contribution in [1.82, 2.24) is 15.3 Å². The number of rotatable bonds is 3. The Morgan fingerprint density at radius 1 is 1.45 bits per heavy atom. The van der Waals surface area contributed by atoms with Crippen molar-refractivity contribution in [3.05, 3.63) is 28.3 Å². The van der Waals surface area contributed by atoms with Crippen molar-refractivity contribution in [1.29, 1.82) is 0 Å². The number of nitro groups is 1. The van der Waals surface area contributed by atoms with Gasteiger partial charge in [-0.2, -0.15) is 4.98 Å². The van der Waals surface area contributed by atoms with Crippen molar-refractivity contribution in [3.63, 3.8) is 0 Å². The molecule has 1 aromatic heterocycles. The van der Waals surface area contributed by atoms with Gasteiger partial charge in [-0.15, -0.1) is 12.4 Å². The van der Waals surface area contributed by atoms with Gasteiger partial charge in [-0.25, -0.2) is 0 Å². The molecule has 1 aliphatic rings. The smallest absolute Gasteiger partial charge is 0.294 e. The van der Waals surface area contributed by atoms with Gasteiger partial charge in [0, 0.05) is 18.7 Å². The first-order valence-electron chi connectivity index (χ1n) is 6.24. The Balaban J connectivity index is 0.00000147. The van der Waals surface area contributed by atoms with Crippen LogP contribution >= 0.6 is 12.4 Å². The van der Waals surface area contributed by atoms with Gasteiger partial charge in [0.1, 0.15) is 6.10 Å². The molecule has 0 bridgehead atoms. The van der Waals surface area contributed by atoms with E-state index in [2.05, 4.69) is 15.3 Å². The summed E-state index contributed by atoms with van der Waals surface area (Å²) in [7, 11) is 0. The molecular formula is C12H15ClN4O3. The zero-order valence-electron chi connectivity index (χ0n) is 10.7. The number of H-pyrrole nitrogens is 1. The number of hydrogen-bond donors (Lipinski definition) is 2. The van der Waals surface area contributed by atoms with Crippen LogP contribution < -0.4 is 10.1 Å². The molecule has 0 aliphatic carbocycles. The van der Waals surface area contributed by atoms with Gasteiger partial charge in [-0.1, -0.05) is 0 Å². The van der Waals surface area contributed by atoms with Crippen LogP contribution in [0.3, 0.4) is 0 Å². The highest BCUT2D eigenvalue weighted by Crippen LogP contribution is 2.22. The topological polar surface area (TPSA) is 93.1 Å². The van der Waals surface area contributed by atoms with E-state index in [1.54, 1.807) is 6.07 Å². The summed E-state index contributed by atoms with van der Waals surface area (Å²) < 4.78 is 5.74. The lowest BCUT2D eigenvalue weighted by Gasteiger charge is -2.22. The quantitative estimate of drug-likeness (QED) is 0.668. The van der Waals surface area contributed by atoms with E-state index < -0.39 is 4.92 Å². The third-order valence-electron chi connectivity index (χ3n) is 3.18. The second-order valence-electron chi connectivity index (χ2n) is 4.59. The van der Waals surface area contributed by atoms with Crippen LogP contribution in [0.2, 0.25) is 0 Å². The predicted octanol–water partition coefficient (Wildman–Crippen LogP) is 2.02.